The number of aromatic carboxylic acids is 1. The topological polar surface area (TPSA) is 55.8 Å². The van der Waals surface area contributed by atoms with E-state index in [4.69, 9.17) is 9.47 Å². The minimum absolute atomic E-state index is 0.188. The lowest BCUT2D eigenvalue weighted by atomic mass is 9.96. The van der Waals surface area contributed by atoms with Crippen LogP contribution in [0.1, 0.15) is 15.9 Å². The highest BCUT2D eigenvalue weighted by Gasteiger charge is 2.20. The molecule has 1 N–H and O–H groups in total. The summed E-state index contributed by atoms with van der Waals surface area (Å²) in [6, 6.07) is 10.6. The minimum atomic E-state index is -0.998. The van der Waals surface area contributed by atoms with Crippen LogP contribution in [-0.2, 0) is 0 Å². The van der Waals surface area contributed by atoms with Crippen LogP contribution in [0.4, 0.5) is 0 Å². The third kappa shape index (κ3) is 2.32. The molecule has 4 nitrogen and oxygen atoms in total. The second-order valence-corrected chi connectivity index (χ2v) is 4.34. The minimum Gasteiger partial charge on any atom is -0.496 e. The number of carboxylic acids is 1. The Labute approximate surface area is 117 Å². The second-order valence-electron chi connectivity index (χ2n) is 4.34. The van der Waals surface area contributed by atoms with E-state index in [1.165, 1.54) is 7.11 Å². The molecule has 0 aliphatic heterocycles. The molecule has 0 aliphatic rings. The zero-order valence-electron chi connectivity index (χ0n) is 11.6. The Morgan fingerprint density at radius 3 is 2.35 bits per heavy atom. The molecule has 0 fully saturated rings. The summed E-state index contributed by atoms with van der Waals surface area (Å²) in [5.41, 5.74) is 2.37. The fourth-order valence-corrected chi connectivity index (χ4v) is 2.28. The summed E-state index contributed by atoms with van der Waals surface area (Å²) in [7, 11) is 3.09. The molecular weight excluding hydrogens is 256 g/mol. The van der Waals surface area contributed by atoms with Gasteiger partial charge in [0.2, 0.25) is 0 Å². The Kier molecular flexibility index (Phi) is 3.94. The van der Waals surface area contributed by atoms with Crippen molar-refractivity contribution in [2.45, 2.75) is 6.92 Å². The number of hydrogen-bond acceptors (Lipinski definition) is 3. The van der Waals surface area contributed by atoms with Crippen molar-refractivity contribution < 1.29 is 19.4 Å². The molecule has 0 aromatic heterocycles. The summed E-state index contributed by atoms with van der Waals surface area (Å²) in [4.78, 5) is 11.5. The molecule has 0 bridgehead atoms. The van der Waals surface area contributed by atoms with Gasteiger partial charge >= 0.3 is 5.97 Å². The zero-order valence-corrected chi connectivity index (χ0v) is 11.6. The predicted octanol–water partition coefficient (Wildman–Crippen LogP) is 3.38. The smallest absolute Gasteiger partial charge is 0.336 e. The highest BCUT2D eigenvalue weighted by molar-refractivity contribution is 5.99. The van der Waals surface area contributed by atoms with Crippen molar-refractivity contribution in [1.82, 2.24) is 0 Å². The van der Waals surface area contributed by atoms with Gasteiger partial charge < -0.3 is 14.6 Å². The molecule has 0 spiro atoms. The molecular formula is C16H16O4. The predicted molar refractivity (Wildman–Crippen MR) is 76.7 cm³/mol. The summed E-state index contributed by atoms with van der Waals surface area (Å²) in [6.45, 7) is 1.91. The summed E-state index contributed by atoms with van der Waals surface area (Å²) >= 11 is 0. The van der Waals surface area contributed by atoms with Gasteiger partial charge in [0.1, 0.15) is 11.5 Å². The van der Waals surface area contributed by atoms with Crippen LogP contribution in [0.15, 0.2) is 36.4 Å². The summed E-state index contributed by atoms with van der Waals surface area (Å²) < 4.78 is 10.7. The largest absolute Gasteiger partial charge is 0.496 e. The van der Waals surface area contributed by atoms with Crippen LogP contribution in [0.5, 0.6) is 11.5 Å². The maximum absolute atomic E-state index is 11.5. The molecule has 0 atom stereocenters. The van der Waals surface area contributed by atoms with Crippen LogP contribution >= 0.6 is 0 Å². The van der Waals surface area contributed by atoms with Gasteiger partial charge in [-0.3, -0.25) is 0 Å². The van der Waals surface area contributed by atoms with Crippen molar-refractivity contribution in [2.24, 2.45) is 0 Å². The molecule has 0 saturated carbocycles. The van der Waals surface area contributed by atoms with Gasteiger partial charge in [-0.2, -0.15) is 0 Å². The summed E-state index contributed by atoms with van der Waals surface area (Å²) in [5.74, 6) is 0.163. The van der Waals surface area contributed by atoms with E-state index in [9.17, 15) is 9.90 Å². The number of benzene rings is 2. The average Bonchev–Trinajstić information content (AvgIpc) is 2.46. The SMILES string of the molecule is COc1cccc(C(=O)O)c1-c1cccc(C)c1OC. The first-order chi connectivity index (χ1) is 9.60. The normalized spacial score (nSPS) is 10.2. The highest BCUT2D eigenvalue weighted by Crippen LogP contribution is 2.40. The molecule has 20 heavy (non-hydrogen) atoms. The van der Waals surface area contributed by atoms with Crippen LogP contribution in [-0.4, -0.2) is 25.3 Å². The van der Waals surface area contributed by atoms with E-state index in [1.807, 2.05) is 25.1 Å². The number of para-hydroxylation sites is 1. The molecule has 0 heterocycles. The van der Waals surface area contributed by atoms with Gasteiger partial charge in [0.15, 0.2) is 0 Å². The van der Waals surface area contributed by atoms with E-state index in [0.717, 1.165) is 5.56 Å². The lowest BCUT2D eigenvalue weighted by Crippen LogP contribution is -2.03. The van der Waals surface area contributed by atoms with E-state index < -0.39 is 5.97 Å². The van der Waals surface area contributed by atoms with E-state index >= 15 is 0 Å². The highest BCUT2D eigenvalue weighted by atomic mass is 16.5. The number of rotatable bonds is 4. The van der Waals surface area contributed by atoms with Crippen molar-refractivity contribution >= 4 is 5.97 Å². The molecule has 2 rings (SSSR count). The van der Waals surface area contributed by atoms with E-state index in [-0.39, 0.29) is 5.56 Å². The number of carboxylic acid groups (broad SMARTS) is 1. The van der Waals surface area contributed by atoms with Crippen LogP contribution in [0.2, 0.25) is 0 Å². The van der Waals surface area contributed by atoms with Gasteiger partial charge in [-0.05, 0) is 24.6 Å². The Morgan fingerprint density at radius 1 is 1.05 bits per heavy atom. The number of methoxy groups -OCH3 is 2. The van der Waals surface area contributed by atoms with Gasteiger partial charge in [-0.1, -0.05) is 24.3 Å². The van der Waals surface area contributed by atoms with Crippen molar-refractivity contribution in [2.75, 3.05) is 14.2 Å². The molecule has 104 valence electrons. The quantitative estimate of drug-likeness (QED) is 0.927. The second kappa shape index (κ2) is 5.65. The first kappa shape index (κ1) is 13.9. The molecule has 2 aromatic rings. The fraction of sp³-hybridized carbons (Fsp3) is 0.188. The number of ether oxygens (including phenoxy) is 2. The van der Waals surface area contributed by atoms with E-state index in [0.29, 0.717) is 22.6 Å². The van der Waals surface area contributed by atoms with Crippen LogP contribution in [0, 0.1) is 6.92 Å². The number of carbonyl (C=O) groups is 1. The van der Waals surface area contributed by atoms with Crippen LogP contribution in [0.3, 0.4) is 0 Å². The van der Waals surface area contributed by atoms with Crippen molar-refractivity contribution in [3.63, 3.8) is 0 Å². The first-order valence-electron chi connectivity index (χ1n) is 6.14. The lowest BCUT2D eigenvalue weighted by Gasteiger charge is -2.16. The zero-order chi connectivity index (χ0) is 14.7. The monoisotopic (exact) mass is 272 g/mol. The molecule has 0 unspecified atom stereocenters. The summed E-state index contributed by atoms with van der Waals surface area (Å²) in [5, 5.41) is 9.38. The molecule has 0 radical (unpaired) electrons. The molecule has 2 aromatic carbocycles. The van der Waals surface area contributed by atoms with Gasteiger partial charge in [-0.25, -0.2) is 4.79 Å². The van der Waals surface area contributed by atoms with Crippen molar-refractivity contribution in [1.29, 1.82) is 0 Å². The van der Waals surface area contributed by atoms with Gasteiger partial charge in [0.25, 0.3) is 0 Å². The fourth-order valence-electron chi connectivity index (χ4n) is 2.28. The Hall–Kier alpha value is -2.49. The molecule has 0 amide bonds. The molecule has 0 saturated heterocycles. The Bertz CT molecular complexity index is 647. The third-order valence-corrected chi connectivity index (χ3v) is 3.16. The lowest BCUT2D eigenvalue weighted by molar-refractivity contribution is 0.0697. The third-order valence-electron chi connectivity index (χ3n) is 3.16. The maximum atomic E-state index is 11.5. The van der Waals surface area contributed by atoms with Gasteiger partial charge in [-0.15, -0.1) is 0 Å². The van der Waals surface area contributed by atoms with Crippen LogP contribution < -0.4 is 9.47 Å². The molecule has 0 aliphatic carbocycles. The summed E-state index contributed by atoms with van der Waals surface area (Å²) in [6.07, 6.45) is 0. The number of hydrogen-bond donors (Lipinski definition) is 1. The van der Waals surface area contributed by atoms with E-state index in [1.54, 1.807) is 25.3 Å². The number of aryl methyl sites for hydroxylation is 1. The Morgan fingerprint density at radius 2 is 1.75 bits per heavy atom. The molecule has 4 heteroatoms. The van der Waals surface area contributed by atoms with Gasteiger partial charge in [0.05, 0.1) is 19.8 Å². The van der Waals surface area contributed by atoms with Crippen molar-refractivity contribution in [3.05, 3.63) is 47.5 Å². The maximum Gasteiger partial charge on any atom is 0.336 e. The van der Waals surface area contributed by atoms with E-state index in [2.05, 4.69) is 0 Å². The standard InChI is InChI=1S/C16H16O4/c1-10-6-4-7-11(15(10)20-3)14-12(16(17)18)8-5-9-13(14)19-2/h4-9H,1-3H3,(H,17,18). The van der Waals surface area contributed by atoms with Crippen LogP contribution in [0.25, 0.3) is 11.1 Å². The average molecular weight is 272 g/mol. The van der Waals surface area contributed by atoms with Crippen molar-refractivity contribution in [3.8, 4) is 22.6 Å². The van der Waals surface area contributed by atoms with Gasteiger partial charge in [0, 0.05) is 11.1 Å². The Balaban J connectivity index is 2.81. The first-order valence-corrected chi connectivity index (χ1v) is 6.14.